The number of fused-ring (bicyclic) bond motifs is 28. The lowest BCUT2D eigenvalue weighted by molar-refractivity contribution is -0.641. The molecule has 0 saturated heterocycles. The van der Waals surface area contributed by atoms with E-state index >= 15 is 0 Å². The third-order valence-corrected chi connectivity index (χ3v) is 22.4. The first kappa shape index (κ1) is 47.5. The molecule has 0 aliphatic carbocycles. The lowest BCUT2D eigenvalue weighted by atomic mass is 10.2. The molecule has 394 valence electrons. The van der Waals surface area contributed by atoms with Crippen LogP contribution in [0.1, 0.15) is 22.3 Å². The molecule has 0 radical (unpaired) electrons. The lowest BCUT2D eigenvalue weighted by Gasteiger charge is -2.04. The molecule has 4 aliphatic rings. The average molecular weight is 1170 g/mol. The lowest BCUT2D eigenvalue weighted by Crippen LogP contribution is -2.30. The summed E-state index contributed by atoms with van der Waals surface area (Å²) in [5.74, 6) is 0. The van der Waals surface area contributed by atoms with Gasteiger partial charge in [0.25, 0.3) is 41.5 Å². The molecule has 11 nitrogen and oxygen atoms in total. The SMILES string of the molecule is Cn1c2ccccc2c2c1sc1[n+]2Cc2cccnc2-1.c1ccc(-n2c3ccccc3c3c2sc2[n+]3Cc3cccnc3-2)cc1.c1cnc2c(c1)C[n+]1c-2sc2oc3ccccc3c21.c1cnc2c(c1)C[n+]1c-2sc2sc3ccccc3c21. The van der Waals surface area contributed by atoms with Crippen molar-refractivity contribution in [2.45, 2.75) is 26.2 Å². The van der Waals surface area contributed by atoms with Crippen LogP contribution >= 0.6 is 56.7 Å². The smallest absolute Gasteiger partial charge is 0.292 e. The summed E-state index contributed by atoms with van der Waals surface area (Å²) in [5.41, 5.74) is 19.8. The highest BCUT2D eigenvalue weighted by Gasteiger charge is 2.39. The van der Waals surface area contributed by atoms with Gasteiger partial charge in [0.05, 0.1) is 54.8 Å². The third-order valence-electron chi connectivity index (χ3n) is 16.4. The molecule has 16 heteroatoms. The van der Waals surface area contributed by atoms with E-state index in [2.05, 4.69) is 194 Å². The van der Waals surface area contributed by atoms with Gasteiger partial charge in [-0.15, -0.1) is 11.3 Å². The van der Waals surface area contributed by atoms with Crippen molar-refractivity contribution in [3.8, 4) is 48.5 Å². The van der Waals surface area contributed by atoms with Gasteiger partial charge in [0.2, 0.25) is 5.52 Å². The number of hydrogen-bond acceptors (Lipinski definition) is 10. The van der Waals surface area contributed by atoms with Crippen LogP contribution in [0.15, 0.2) is 205 Å². The van der Waals surface area contributed by atoms with Gasteiger partial charge in [0.15, 0.2) is 62.6 Å². The van der Waals surface area contributed by atoms with E-state index in [1.165, 1.54) is 127 Å². The Morgan fingerprint density at radius 3 is 1.47 bits per heavy atom. The fraction of sp³-hybridized carbons (Fsp3) is 0.0746. The molecule has 0 unspecified atom stereocenters. The highest BCUT2D eigenvalue weighted by molar-refractivity contribution is 7.42. The van der Waals surface area contributed by atoms with Crippen molar-refractivity contribution < 1.29 is 22.7 Å². The van der Waals surface area contributed by atoms with E-state index in [-0.39, 0.29) is 0 Å². The molecule has 0 atom stereocenters. The Morgan fingerprint density at radius 1 is 0.386 bits per heavy atom. The zero-order valence-electron chi connectivity index (χ0n) is 44.3. The van der Waals surface area contributed by atoms with Crippen LogP contribution in [0.5, 0.6) is 0 Å². The zero-order valence-corrected chi connectivity index (χ0v) is 48.4. The molecule has 83 heavy (non-hydrogen) atoms. The highest BCUT2D eigenvalue weighted by atomic mass is 32.2. The summed E-state index contributed by atoms with van der Waals surface area (Å²) in [4.78, 5) is 21.9. The van der Waals surface area contributed by atoms with E-state index in [0.717, 1.165) is 53.7 Å². The maximum absolute atomic E-state index is 5.93. The normalized spacial score (nSPS) is 12.9. The fourth-order valence-corrected chi connectivity index (χ4v) is 19.2. The second-order valence-corrected chi connectivity index (χ2v) is 26.3. The van der Waals surface area contributed by atoms with Crippen LogP contribution in [-0.2, 0) is 33.2 Å². The monoisotopic (exact) mass is 1160 g/mol. The maximum atomic E-state index is 5.93. The maximum Gasteiger partial charge on any atom is 0.292 e. The van der Waals surface area contributed by atoms with E-state index in [4.69, 9.17) is 4.42 Å². The highest BCUT2D eigenvalue weighted by Crippen LogP contribution is 2.44. The summed E-state index contributed by atoms with van der Waals surface area (Å²) in [7, 11) is 2.15. The summed E-state index contributed by atoms with van der Waals surface area (Å²) in [6, 6.07) is 61.6. The predicted octanol–water partition coefficient (Wildman–Crippen LogP) is 14.8. The van der Waals surface area contributed by atoms with Gasteiger partial charge in [-0.2, -0.15) is 18.3 Å². The van der Waals surface area contributed by atoms with Gasteiger partial charge in [-0.25, -0.2) is 19.9 Å². The second kappa shape index (κ2) is 18.4. The molecule has 0 saturated carbocycles. The van der Waals surface area contributed by atoms with Gasteiger partial charge in [0, 0.05) is 42.2 Å². The number of aromatic nitrogens is 10. The first-order valence-electron chi connectivity index (χ1n) is 27.5. The van der Waals surface area contributed by atoms with Crippen LogP contribution in [-0.4, -0.2) is 29.1 Å². The molecular formula is C67H44N10OS5+4. The molecule has 0 spiro atoms. The number of benzene rings is 5. The number of thiazole rings is 4. The Hall–Kier alpha value is -9.16. The Labute approximate surface area is 493 Å². The van der Waals surface area contributed by atoms with Crippen molar-refractivity contribution in [2.24, 2.45) is 7.05 Å². The molecule has 16 heterocycles. The summed E-state index contributed by atoms with van der Waals surface area (Å²) < 4.78 is 23.0. The van der Waals surface area contributed by atoms with E-state index in [0.29, 0.717) is 0 Å². The average Bonchev–Trinajstić information content (AvgIpc) is 2.21. The molecule has 17 aromatic rings. The minimum atomic E-state index is 0.891. The van der Waals surface area contributed by atoms with Crippen molar-refractivity contribution in [1.82, 2.24) is 29.1 Å². The van der Waals surface area contributed by atoms with Crippen LogP contribution in [0.3, 0.4) is 0 Å². The van der Waals surface area contributed by atoms with Crippen molar-refractivity contribution in [1.29, 1.82) is 0 Å². The molecule has 4 aliphatic heterocycles. The molecule has 5 aromatic carbocycles. The molecule has 21 rings (SSSR count). The molecule has 0 bridgehead atoms. The van der Waals surface area contributed by atoms with Gasteiger partial charge < -0.3 is 8.98 Å². The van der Waals surface area contributed by atoms with Gasteiger partial charge in [-0.1, -0.05) is 66.7 Å². The Kier molecular flexibility index (Phi) is 10.5. The number of rotatable bonds is 1. The molecule has 0 amide bonds. The summed E-state index contributed by atoms with van der Waals surface area (Å²) in [5, 5.41) is 10.3. The Bertz CT molecular complexity index is 5360. The molecule has 0 fully saturated rings. The van der Waals surface area contributed by atoms with Crippen molar-refractivity contribution >= 4 is 140 Å². The number of hydrogen-bond donors (Lipinski definition) is 0. The summed E-state index contributed by atoms with van der Waals surface area (Å²) in [6.07, 6.45) is 7.52. The predicted molar refractivity (Wildman–Crippen MR) is 336 cm³/mol. The summed E-state index contributed by atoms with van der Waals surface area (Å²) >= 11 is 9.14. The van der Waals surface area contributed by atoms with Crippen molar-refractivity contribution in [3.05, 3.63) is 223 Å². The van der Waals surface area contributed by atoms with Crippen molar-refractivity contribution in [2.75, 3.05) is 0 Å². The molecular weight excluding hydrogens is 1120 g/mol. The number of nitrogens with zero attached hydrogens (tertiary/aromatic N) is 10. The van der Waals surface area contributed by atoms with Crippen LogP contribution in [0.4, 0.5) is 0 Å². The number of thiophene rings is 1. The van der Waals surface area contributed by atoms with Gasteiger partial charge >= 0.3 is 0 Å². The quantitative estimate of drug-likeness (QED) is 0.153. The Morgan fingerprint density at radius 2 is 0.843 bits per heavy atom. The number of aryl methyl sites for hydroxylation is 1. The number of furan rings is 1. The third kappa shape index (κ3) is 7.10. The van der Waals surface area contributed by atoms with Gasteiger partial charge in [0.1, 0.15) is 5.58 Å². The molecule has 12 aromatic heterocycles. The Balaban J connectivity index is 0.0000000851. The van der Waals surface area contributed by atoms with Crippen LogP contribution in [0.2, 0.25) is 0 Å². The first-order chi connectivity index (χ1) is 41.1. The fourth-order valence-electron chi connectivity index (χ4n) is 12.8. The molecule has 0 N–H and O–H groups in total. The minimum absolute atomic E-state index is 0.891. The zero-order chi connectivity index (χ0) is 54.4. The largest absolute Gasteiger partial charge is 0.439 e. The first-order valence-corrected chi connectivity index (χ1v) is 31.5. The van der Waals surface area contributed by atoms with Crippen LogP contribution < -0.4 is 18.3 Å². The summed E-state index contributed by atoms with van der Waals surface area (Å²) in [6.45, 7) is 3.69. The van der Waals surface area contributed by atoms with E-state index < -0.39 is 0 Å². The topological polar surface area (TPSA) is 90.1 Å². The minimum Gasteiger partial charge on any atom is -0.439 e. The van der Waals surface area contributed by atoms with Crippen molar-refractivity contribution in [3.63, 3.8) is 0 Å². The van der Waals surface area contributed by atoms with Crippen LogP contribution in [0.25, 0.3) is 132 Å². The van der Waals surface area contributed by atoms with E-state index in [9.17, 15) is 0 Å². The second-order valence-electron chi connectivity index (χ2n) is 21.1. The van der Waals surface area contributed by atoms with E-state index in [1.807, 2.05) is 107 Å². The van der Waals surface area contributed by atoms with Gasteiger partial charge in [-0.05, 0) is 155 Å². The number of pyridine rings is 4. The standard InChI is InChI=1S/C21H14N3S.C16H12N3S.C15H9N2OS.C15H9N2S2/c1-2-8-15(9-3-1)24-17-11-5-4-10-16(17)19-21(24)25-20-18-14(13-23(19)20)7-6-12-22-18;1-18-12-7-3-2-6-11(12)14-16(18)20-15-13-10(9-19(14)15)5-4-8-17-13;2*1-2-6-11-10(5-1)13-15(18-11)19-14-12-9(8-17(13)14)4-3-7-16-12/h1-12H,13H2;2-8H,9H2,1H3;2*1-7H,8H2/q4*+1. The van der Waals surface area contributed by atoms with E-state index in [1.54, 1.807) is 11.3 Å². The number of para-hydroxylation sites is 4. The van der Waals surface area contributed by atoms with Crippen LogP contribution in [0, 0.1) is 0 Å². The van der Waals surface area contributed by atoms with Gasteiger partial charge in [-0.3, -0.25) is 4.57 Å².